The van der Waals surface area contributed by atoms with E-state index in [-0.39, 0.29) is 6.10 Å². The summed E-state index contributed by atoms with van der Waals surface area (Å²) in [6.45, 7) is 4.08. The van der Waals surface area contributed by atoms with Crippen LogP contribution in [0.2, 0.25) is 0 Å². The summed E-state index contributed by atoms with van der Waals surface area (Å²) in [5.41, 5.74) is 1.99. The highest BCUT2D eigenvalue weighted by Crippen LogP contribution is 2.31. The number of hydrogen-bond donors (Lipinski definition) is 1. The summed E-state index contributed by atoms with van der Waals surface area (Å²) in [6.07, 6.45) is 0.646. The largest absolute Gasteiger partial charge is 0.366 e. The molecule has 0 aliphatic carbocycles. The van der Waals surface area contributed by atoms with Crippen molar-refractivity contribution in [2.45, 2.75) is 19.4 Å². The zero-order valence-corrected chi connectivity index (χ0v) is 16.3. The molecular weight excluding hydrogens is 372 g/mol. The molecule has 1 unspecified atom stereocenters. The van der Waals surface area contributed by atoms with Gasteiger partial charge in [-0.1, -0.05) is 19.1 Å². The predicted molar refractivity (Wildman–Crippen MR) is 110 cm³/mol. The van der Waals surface area contributed by atoms with Crippen LogP contribution in [0.1, 0.15) is 24.7 Å². The highest BCUT2D eigenvalue weighted by atomic mass is 32.1. The SMILES string of the molecule is CCc1nc(C2CN(c3nc(-c4ccsc4)nc4ccccc34)CCO2)n[nH]1. The Morgan fingerprint density at radius 2 is 2.14 bits per heavy atom. The number of fused-ring (bicyclic) bond motifs is 1. The average Bonchev–Trinajstić information content (AvgIpc) is 3.45. The lowest BCUT2D eigenvalue weighted by Gasteiger charge is -2.33. The number of rotatable bonds is 4. The van der Waals surface area contributed by atoms with Crippen molar-refractivity contribution >= 4 is 28.1 Å². The van der Waals surface area contributed by atoms with Gasteiger partial charge in [0.05, 0.1) is 18.7 Å². The number of hydrogen-bond acceptors (Lipinski definition) is 7. The van der Waals surface area contributed by atoms with E-state index in [0.29, 0.717) is 19.0 Å². The molecule has 1 aliphatic heterocycles. The Balaban J connectivity index is 1.54. The molecule has 3 aromatic heterocycles. The van der Waals surface area contributed by atoms with E-state index in [0.717, 1.165) is 46.9 Å². The van der Waals surface area contributed by atoms with Crippen molar-refractivity contribution in [2.24, 2.45) is 0 Å². The van der Waals surface area contributed by atoms with Crippen molar-refractivity contribution in [3.63, 3.8) is 0 Å². The molecule has 0 saturated carbocycles. The highest BCUT2D eigenvalue weighted by Gasteiger charge is 2.27. The Bertz CT molecular complexity index is 1090. The van der Waals surface area contributed by atoms with E-state index < -0.39 is 0 Å². The molecule has 0 radical (unpaired) electrons. The lowest BCUT2D eigenvalue weighted by Crippen LogP contribution is -2.39. The minimum absolute atomic E-state index is 0.177. The minimum atomic E-state index is -0.177. The quantitative estimate of drug-likeness (QED) is 0.571. The number of nitrogens with zero attached hydrogens (tertiary/aromatic N) is 5. The van der Waals surface area contributed by atoms with Gasteiger partial charge in [0.2, 0.25) is 0 Å². The van der Waals surface area contributed by atoms with Gasteiger partial charge in [0.25, 0.3) is 0 Å². The van der Waals surface area contributed by atoms with Crippen LogP contribution >= 0.6 is 11.3 Å². The van der Waals surface area contributed by atoms with Crippen molar-refractivity contribution in [3.05, 3.63) is 52.7 Å². The summed E-state index contributed by atoms with van der Waals surface area (Å²) >= 11 is 1.65. The van der Waals surface area contributed by atoms with Gasteiger partial charge in [0.1, 0.15) is 17.7 Å². The van der Waals surface area contributed by atoms with Gasteiger partial charge < -0.3 is 9.64 Å². The van der Waals surface area contributed by atoms with Crippen LogP contribution in [0.25, 0.3) is 22.3 Å². The molecule has 1 fully saturated rings. The van der Waals surface area contributed by atoms with Crippen molar-refractivity contribution < 1.29 is 4.74 Å². The van der Waals surface area contributed by atoms with Crippen molar-refractivity contribution in [2.75, 3.05) is 24.6 Å². The second-order valence-corrected chi connectivity index (χ2v) is 7.48. The highest BCUT2D eigenvalue weighted by molar-refractivity contribution is 7.08. The first-order valence-electron chi connectivity index (χ1n) is 9.39. The number of H-pyrrole nitrogens is 1. The first-order chi connectivity index (χ1) is 13.8. The summed E-state index contributed by atoms with van der Waals surface area (Å²) in [5.74, 6) is 3.27. The Morgan fingerprint density at radius 1 is 1.21 bits per heavy atom. The number of thiophene rings is 1. The van der Waals surface area contributed by atoms with Gasteiger partial charge in [0.15, 0.2) is 11.6 Å². The number of nitrogens with one attached hydrogen (secondary N) is 1. The van der Waals surface area contributed by atoms with Crippen molar-refractivity contribution in [3.8, 4) is 11.4 Å². The van der Waals surface area contributed by atoms with Gasteiger partial charge in [-0.25, -0.2) is 15.0 Å². The third-order valence-corrected chi connectivity index (χ3v) is 5.58. The topological polar surface area (TPSA) is 79.8 Å². The molecule has 4 aromatic rings. The zero-order chi connectivity index (χ0) is 18.9. The maximum atomic E-state index is 5.96. The number of aromatic amines is 1. The van der Waals surface area contributed by atoms with Gasteiger partial charge in [-0.15, -0.1) is 0 Å². The lowest BCUT2D eigenvalue weighted by atomic mass is 10.2. The van der Waals surface area contributed by atoms with Gasteiger partial charge in [-0.3, -0.25) is 5.10 Å². The first-order valence-corrected chi connectivity index (χ1v) is 10.3. The number of aromatic nitrogens is 5. The number of aryl methyl sites for hydroxylation is 1. The molecule has 0 amide bonds. The van der Waals surface area contributed by atoms with E-state index in [2.05, 4.69) is 44.5 Å². The third-order valence-electron chi connectivity index (χ3n) is 4.90. The molecule has 8 heteroatoms. The van der Waals surface area contributed by atoms with Crippen LogP contribution in [0.4, 0.5) is 5.82 Å². The molecule has 1 aromatic carbocycles. The lowest BCUT2D eigenvalue weighted by molar-refractivity contribution is 0.0340. The molecule has 5 rings (SSSR count). The summed E-state index contributed by atoms with van der Waals surface area (Å²) in [7, 11) is 0. The fourth-order valence-electron chi connectivity index (χ4n) is 3.43. The molecule has 1 aliphatic rings. The summed E-state index contributed by atoms with van der Waals surface area (Å²) in [5, 5.41) is 12.5. The summed E-state index contributed by atoms with van der Waals surface area (Å²) < 4.78 is 5.96. The number of anilines is 1. The number of benzene rings is 1. The van der Waals surface area contributed by atoms with Crippen LogP contribution in [-0.4, -0.2) is 44.8 Å². The Hall–Kier alpha value is -2.84. The van der Waals surface area contributed by atoms with Crippen LogP contribution in [0, 0.1) is 0 Å². The first kappa shape index (κ1) is 17.3. The van der Waals surface area contributed by atoms with Crippen LogP contribution in [0.3, 0.4) is 0 Å². The van der Waals surface area contributed by atoms with Crippen LogP contribution in [-0.2, 0) is 11.2 Å². The smallest absolute Gasteiger partial charge is 0.181 e. The maximum Gasteiger partial charge on any atom is 0.181 e. The van der Waals surface area contributed by atoms with Gasteiger partial charge in [-0.2, -0.15) is 16.4 Å². The Labute approximate surface area is 166 Å². The van der Waals surface area contributed by atoms with Gasteiger partial charge in [-0.05, 0) is 23.6 Å². The Kier molecular flexibility index (Phi) is 4.50. The third kappa shape index (κ3) is 3.14. The van der Waals surface area contributed by atoms with E-state index in [4.69, 9.17) is 14.7 Å². The Morgan fingerprint density at radius 3 is 2.96 bits per heavy atom. The number of morpholine rings is 1. The van der Waals surface area contributed by atoms with E-state index in [1.54, 1.807) is 11.3 Å². The zero-order valence-electron chi connectivity index (χ0n) is 15.5. The summed E-state index contributed by atoms with van der Waals surface area (Å²) in [4.78, 5) is 16.5. The van der Waals surface area contributed by atoms with E-state index in [1.807, 2.05) is 23.6 Å². The van der Waals surface area contributed by atoms with Crippen LogP contribution < -0.4 is 4.90 Å². The van der Waals surface area contributed by atoms with Crippen molar-refractivity contribution in [1.29, 1.82) is 0 Å². The van der Waals surface area contributed by atoms with Crippen LogP contribution in [0.15, 0.2) is 41.1 Å². The van der Waals surface area contributed by atoms with Gasteiger partial charge in [0, 0.05) is 29.3 Å². The molecular formula is C20H20N6OS. The van der Waals surface area contributed by atoms with Gasteiger partial charge >= 0.3 is 0 Å². The molecule has 1 N–H and O–H groups in total. The van der Waals surface area contributed by atoms with E-state index in [1.165, 1.54) is 0 Å². The standard InChI is InChI=1S/C20H20N6OS/c1-2-17-22-19(25-24-17)16-11-26(8-9-27-16)20-14-5-3-4-6-15(14)21-18(23-20)13-7-10-28-12-13/h3-7,10,12,16H,2,8-9,11H2,1H3,(H,22,24,25). The van der Waals surface area contributed by atoms with Crippen LogP contribution in [0.5, 0.6) is 0 Å². The minimum Gasteiger partial charge on any atom is -0.366 e. The fourth-order valence-corrected chi connectivity index (χ4v) is 4.07. The second-order valence-electron chi connectivity index (χ2n) is 6.70. The molecule has 7 nitrogen and oxygen atoms in total. The molecule has 0 spiro atoms. The van der Waals surface area contributed by atoms with E-state index in [9.17, 15) is 0 Å². The monoisotopic (exact) mass is 392 g/mol. The molecule has 142 valence electrons. The maximum absolute atomic E-state index is 5.96. The number of ether oxygens (including phenoxy) is 1. The predicted octanol–water partition coefficient (Wildman–Crippen LogP) is 3.62. The fraction of sp³-hybridized carbons (Fsp3) is 0.300. The number of para-hydroxylation sites is 1. The normalized spacial score (nSPS) is 17.3. The average molecular weight is 392 g/mol. The summed E-state index contributed by atoms with van der Waals surface area (Å²) in [6, 6.07) is 10.2. The molecule has 28 heavy (non-hydrogen) atoms. The van der Waals surface area contributed by atoms with E-state index >= 15 is 0 Å². The van der Waals surface area contributed by atoms with Crippen molar-refractivity contribution in [1.82, 2.24) is 25.1 Å². The molecule has 0 bridgehead atoms. The molecule has 1 saturated heterocycles. The second kappa shape index (κ2) is 7.29. The molecule has 1 atom stereocenters. The molecule has 4 heterocycles.